The molecule has 1 aromatic heterocycles. The Labute approximate surface area is 125 Å². The lowest BCUT2D eigenvalue weighted by molar-refractivity contribution is -0.132. The van der Waals surface area contributed by atoms with Crippen LogP contribution in [0.15, 0.2) is 35.7 Å². The molecule has 3 rings (SSSR count). The number of rotatable bonds is 3. The fraction of sp³-hybridized carbons (Fsp3) is 0.357. The average Bonchev–Trinajstić information content (AvgIpc) is 2.95. The van der Waals surface area contributed by atoms with Crippen LogP contribution in [0.25, 0.3) is 0 Å². The summed E-state index contributed by atoms with van der Waals surface area (Å²) in [6.45, 7) is 1.47. The Bertz CT molecular complexity index is 698. The van der Waals surface area contributed by atoms with Gasteiger partial charge in [0, 0.05) is 19.3 Å². The van der Waals surface area contributed by atoms with E-state index in [-0.39, 0.29) is 12.5 Å². The van der Waals surface area contributed by atoms with Gasteiger partial charge in [0.2, 0.25) is 11.1 Å². The van der Waals surface area contributed by atoms with Crippen molar-refractivity contribution >= 4 is 16.7 Å². The van der Waals surface area contributed by atoms with Crippen LogP contribution >= 0.6 is 0 Å². The van der Waals surface area contributed by atoms with Gasteiger partial charge in [-0.1, -0.05) is 24.3 Å². The van der Waals surface area contributed by atoms with Crippen molar-refractivity contribution in [2.24, 2.45) is 0 Å². The summed E-state index contributed by atoms with van der Waals surface area (Å²) in [5.74, 6) is -0.00370. The number of nitrogens with zero attached hydrogens (tertiary/aromatic N) is 4. The molecule has 0 aliphatic carbocycles. The van der Waals surface area contributed by atoms with Crippen LogP contribution in [-0.4, -0.2) is 42.6 Å². The maximum atomic E-state index is 12.4. The van der Waals surface area contributed by atoms with Gasteiger partial charge in [-0.25, -0.2) is 0 Å². The highest BCUT2D eigenvalue weighted by molar-refractivity contribution is 7.84. The summed E-state index contributed by atoms with van der Waals surface area (Å²) in [5.41, 5.74) is 2.50. The van der Waals surface area contributed by atoms with Crippen molar-refractivity contribution in [1.82, 2.24) is 19.7 Å². The topological polar surface area (TPSA) is 68.1 Å². The molecule has 21 heavy (non-hydrogen) atoms. The highest BCUT2D eigenvalue weighted by Crippen LogP contribution is 2.18. The zero-order chi connectivity index (χ0) is 14.8. The van der Waals surface area contributed by atoms with E-state index in [0.717, 1.165) is 6.42 Å². The Morgan fingerprint density at radius 1 is 1.33 bits per heavy atom. The molecule has 2 aromatic rings. The third-order valence-electron chi connectivity index (χ3n) is 3.63. The molecule has 0 radical (unpaired) electrons. The predicted octanol–water partition coefficient (Wildman–Crippen LogP) is 0.600. The van der Waals surface area contributed by atoms with Crippen molar-refractivity contribution in [3.05, 3.63) is 41.7 Å². The van der Waals surface area contributed by atoms with Crippen LogP contribution in [0.5, 0.6) is 0 Å². The summed E-state index contributed by atoms with van der Waals surface area (Å²) in [4.78, 5) is 14.2. The molecular weight excluding hydrogens is 288 g/mol. The Hall–Kier alpha value is -2.02. The first kappa shape index (κ1) is 13.9. The maximum absolute atomic E-state index is 12.4. The third-order valence-corrected chi connectivity index (χ3v) is 4.46. The second kappa shape index (κ2) is 5.77. The second-order valence-electron chi connectivity index (χ2n) is 5.03. The van der Waals surface area contributed by atoms with E-state index < -0.39 is 10.8 Å². The minimum atomic E-state index is -1.25. The molecule has 0 N–H and O–H groups in total. The van der Waals surface area contributed by atoms with Crippen molar-refractivity contribution in [1.29, 1.82) is 0 Å². The highest BCUT2D eigenvalue weighted by Gasteiger charge is 2.21. The number of amides is 1. The molecule has 1 atom stereocenters. The molecule has 6 nitrogen and oxygen atoms in total. The number of hydrogen-bond acceptors (Lipinski definition) is 4. The molecule has 1 aromatic carbocycles. The van der Waals surface area contributed by atoms with Gasteiger partial charge in [-0.2, -0.15) is 0 Å². The number of hydrogen-bond donors (Lipinski definition) is 0. The van der Waals surface area contributed by atoms with E-state index in [0.29, 0.717) is 18.2 Å². The minimum absolute atomic E-state index is 0.00370. The monoisotopic (exact) mass is 304 g/mol. The van der Waals surface area contributed by atoms with Crippen LogP contribution in [0.1, 0.15) is 11.1 Å². The van der Waals surface area contributed by atoms with Gasteiger partial charge in [0.1, 0.15) is 12.9 Å². The Morgan fingerprint density at radius 2 is 2.10 bits per heavy atom. The van der Waals surface area contributed by atoms with E-state index in [4.69, 9.17) is 0 Å². The summed E-state index contributed by atoms with van der Waals surface area (Å²) < 4.78 is 13.1. The fourth-order valence-corrected chi connectivity index (χ4v) is 3.13. The molecule has 1 aliphatic rings. The smallest absolute Gasteiger partial charge is 0.242 e. The largest absolute Gasteiger partial charge is 0.336 e. The molecule has 0 saturated carbocycles. The zero-order valence-electron chi connectivity index (χ0n) is 11.7. The molecule has 0 bridgehead atoms. The fourth-order valence-electron chi connectivity index (χ4n) is 2.53. The van der Waals surface area contributed by atoms with Gasteiger partial charge in [-0.3, -0.25) is 13.6 Å². The Morgan fingerprint density at radius 3 is 2.86 bits per heavy atom. The van der Waals surface area contributed by atoms with Crippen LogP contribution in [-0.2, 0) is 35.1 Å². The molecule has 1 amide bonds. The Kier molecular flexibility index (Phi) is 3.83. The van der Waals surface area contributed by atoms with Gasteiger partial charge in [-0.15, -0.1) is 10.2 Å². The first-order valence-electron chi connectivity index (χ1n) is 6.71. The van der Waals surface area contributed by atoms with Crippen LogP contribution in [0, 0.1) is 0 Å². The van der Waals surface area contributed by atoms with Crippen molar-refractivity contribution in [3.63, 3.8) is 0 Å². The molecule has 2 heterocycles. The molecule has 7 heteroatoms. The number of carbonyl (C=O) groups excluding carboxylic acids is 1. The van der Waals surface area contributed by atoms with E-state index in [1.165, 1.54) is 23.7 Å². The lowest BCUT2D eigenvalue weighted by Gasteiger charge is -2.29. The lowest BCUT2D eigenvalue weighted by Crippen LogP contribution is -2.38. The van der Waals surface area contributed by atoms with E-state index in [2.05, 4.69) is 22.3 Å². The molecule has 0 fully saturated rings. The summed E-state index contributed by atoms with van der Waals surface area (Å²) >= 11 is 0. The number of benzene rings is 1. The quantitative estimate of drug-likeness (QED) is 0.833. The normalized spacial score (nSPS) is 15.6. The van der Waals surface area contributed by atoms with Crippen LogP contribution in [0.3, 0.4) is 0 Å². The van der Waals surface area contributed by atoms with Gasteiger partial charge < -0.3 is 4.90 Å². The van der Waals surface area contributed by atoms with Crippen molar-refractivity contribution in [3.8, 4) is 0 Å². The van der Waals surface area contributed by atoms with Crippen LogP contribution in [0.4, 0.5) is 0 Å². The van der Waals surface area contributed by atoms with Gasteiger partial charge in [0.05, 0.1) is 10.8 Å². The molecule has 0 spiro atoms. The van der Waals surface area contributed by atoms with E-state index in [9.17, 15) is 9.00 Å². The highest BCUT2D eigenvalue weighted by atomic mass is 32.2. The van der Waals surface area contributed by atoms with Crippen LogP contribution in [0.2, 0.25) is 0 Å². The SMILES string of the molecule is CS(=O)c1nncn1CC(=O)N1CCc2ccccc2C1. The summed E-state index contributed by atoms with van der Waals surface area (Å²) in [7, 11) is -1.25. The molecular formula is C14H16N4O2S. The summed E-state index contributed by atoms with van der Waals surface area (Å²) in [6.07, 6.45) is 3.85. The van der Waals surface area contributed by atoms with Gasteiger partial charge >= 0.3 is 0 Å². The van der Waals surface area contributed by atoms with Crippen LogP contribution < -0.4 is 0 Å². The Balaban J connectivity index is 1.72. The van der Waals surface area contributed by atoms with Crippen molar-refractivity contribution < 1.29 is 9.00 Å². The van der Waals surface area contributed by atoms with E-state index >= 15 is 0 Å². The second-order valence-corrected chi connectivity index (χ2v) is 6.30. The minimum Gasteiger partial charge on any atom is -0.336 e. The first-order valence-corrected chi connectivity index (χ1v) is 8.27. The molecule has 110 valence electrons. The molecule has 1 unspecified atom stereocenters. The van der Waals surface area contributed by atoms with Gasteiger partial charge in [0.25, 0.3) is 0 Å². The lowest BCUT2D eigenvalue weighted by atomic mass is 10.00. The summed E-state index contributed by atoms with van der Waals surface area (Å²) in [5, 5.41) is 7.85. The summed E-state index contributed by atoms with van der Waals surface area (Å²) in [6, 6.07) is 8.18. The number of fused-ring (bicyclic) bond motifs is 1. The maximum Gasteiger partial charge on any atom is 0.242 e. The molecule has 0 saturated heterocycles. The predicted molar refractivity (Wildman–Crippen MR) is 77.9 cm³/mol. The number of carbonyl (C=O) groups is 1. The van der Waals surface area contributed by atoms with Crippen molar-refractivity contribution in [2.75, 3.05) is 12.8 Å². The molecule has 1 aliphatic heterocycles. The number of aromatic nitrogens is 3. The van der Waals surface area contributed by atoms with E-state index in [1.807, 2.05) is 17.0 Å². The van der Waals surface area contributed by atoms with E-state index in [1.54, 1.807) is 4.57 Å². The average molecular weight is 304 g/mol. The zero-order valence-corrected chi connectivity index (χ0v) is 12.5. The van der Waals surface area contributed by atoms with Crippen molar-refractivity contribution in [2.45, 2.75) is 24.7 Å². The standard InChI is InChI=1S/C14H16N4O2S/c1-21(20)14-16-15-10-18(14)9-13(19)17-7-6-11-4-2-3-5-12(11)8-17/h2-5,10H,6-9H2,1H3. The first-order chi connectivity index (χ1) is 10.1. The van der Waals surface area contributed by atoms with Gasteiger partial charge in [-0.05, 0) is 17.5 Å². The van der Waals surface area contributed by atoms with Gasteiger partial charge in [0.15, 0.2) is 0 Å². The third kappa shape index (κ3) is 2.87.